The van der Waals surface area contributed by atoms with Gasteiger partial charge in [0.15, 0.2) is 0 Å². The molecular weight excluding hydrogens is 390 g/mol. The van der Waals surface area contributed by atoms with Crippen molar-refractivity contribution in [3.8, 4) is 11.1 Å². The number of rotatable bonds is 7. The zero-order valence-corrected chi connectivity index (χ0v) is 17.5. The molecule has 4 rings (SSSR count). The molecule has 0 N–H and O–H groups in total. The Kier molecular flexibility index (Phi) is 6.32. The lowest BCUT2D eigenvalue weighted by Gasteiger charge is -2.23. The van der Waals surface area contributed by atoms with Crippen LogP contribution in [0.15, 0.2) is 78.9 Å². The summed E-state index contributed by atoms with van der Waals surface area (Å²) < 4.78 is 10.8. The fourth-order valence-electron chi connectivity index (χ4n) is 4.04. The average molecular weight is 415 g/mol. The first-order chi connectivity index (χ1) is 15.2. The van der Waals surface area contributed by atoms with Crippen molar-refractivity contribution in [1.29, 1.82) is 0 Å². The number of hydrogen-bond donors (Lipinski definition) is 0. The lowest BCUT2D eigenvalue weighted by Crippen LogP contribution is -2.37. The summed E-state index contributed by atoms with van der Waals surface area (Å²) in [5.41, 5.74) is 5.56. The summed E-state index contributed by atoms with van der Waals surface area (Å²) in [5.74, 6) is -0.482. The van der Waals surface area contributed by atoms with Crippen LogP contribution in [-0.4, -0.2) is 36.7 Å². The van der Waals surface area contributed by atoms with E-state index in [-0.39, 0.29) is 32.2 Å². The molecule has 0 unspecified atom stereocenters. The smallest absolute Gasteiger partial charge is 0.410 e. The first-order valence-electron chi connectivity index (χ1n) is 10.5. The fraction of sp³-hybridized carbons (Fsp3) is 0.231. The Balaban J connectivity index is 1.50. The van der Waals surface area contributed by atoms with E-state index >= 15 is 0 Å². The van der Waals surface area contributed by atoms with Crippen LogP contribution in [0.2, 0.25) is 0 Å². The molecule has 3 aromatic rings. The number of carbonyl (C=O) groups excluding carboxylic acids is 2. The van der Waals surface area contributed by atoms with Crippen molar-refractivity contribution in [2.45, 2.75) is 19.4 Å². The summed E-state index contributed by atoms with van der Waals surface area (Å²) in [6, 6.07) is 25.9. The van der Waals surface area contributed by atoms with Gasteiger partial charge in [-0.1, -0.05) is 78.9 Å². The molecule has 1 aliphatic rings. The molecule has 31 heavy (non-hydrogen) atoms. The van der Waals surface area contributed by atoms with Gasteiger partial charge in [0.25, 0.3) is 0 Å². The summed E-state index contributed by atoms with van der Waals surface area (Å²) >= 11 is 0. The van der Waals surface area contributed by atoms with Gasteiger partial charge in [-0.05, 0) is 34.7 Å². The van der Waals surface area contributed by atoms with Gasteiger partial charge in [0.1, 0.15) is 13.2 Å². The van der Waals surface area contributed by atoms with Crippen LogP contribution in [-0.2, 0) is 20.8 Å². The average Bonchev–Trinajstić information content (AvgIpc) is 3.12. The fourth-order valence-corrected chi connectivity index (χ4v) is 4.04. The zero-order valence-electron chi connectivity index (χ0n) is 17.5. The van der Waals surface area contributed by atoms with E-state index in [4.69, 9.17) is 9.47 Å². The third-order valence-electron chi connectivity index (χ3n) is 5.44. The molecule has 0 bridgehead atoms. The molecule has 0 atom stereocenters. The molecule has 3 aromatic carbocycles. The van der Waals surface area contributed by atoms with Gasteiger partial charge < -0.3 is 9.47 Å². The van der Waals surface area contributed by atoms with E-state index < -0.39 is 12.1 Å². The van der Waals surface area contributed by atoms with Crippen molar-refractivity contribution in [2.75, 3.05) is 19.8 Å². The van der Waals surface area contributed by atoms with Gasteiger partial charge in [0.2, 0.25) is 0 Å². The van der Waals surface area contributed by atoms with Crippen LogP contribution < -0.4 is 0 Å². The number of hydrogen-bond acceptors (Lipinski definition) is 4. The van der Waals surface area contributed by atoms with Gasteiger partial charge in [0.05, 0.1) is 6.61 Å². The van der Waals surface area contributed by atoms with Crippen molar-refractivity contribution >= 4 is 12.1 Å². The second-order valence-electron chi connectivity index (χ2n) is 7.45. The SMILES string of the molecule is CCOC(=O)CN(Cc1ccccc1)C(=O)OCC1c2ccccc2-c2ccccc21. The van der Waals surface area contributed by atoms with Crippen molar-refractivity contribution in [3.63, 3.8) is 0 Å². The number of nitrogens with zero attached hydrogens (tertiary/aromatic N) is 1. The summed E-state index contributed by atoms with van der Waals surface area (Å²) in [6.07, 6.45) is -0.529. The maximum atomic E-state index is 13.0. The second-order valence-corrected chi connectivity index (χ2v) is 7.45. The van der Waals surface area contributed by atoms with E-state index in [2.05, 4.69) is 24.3 Å². The Morgan fingerprint density at radius 3 is 2.00 bits per heavy atom. The molecule has 1 aliphatic carbocycles. The molecule has 0 heterocycles. The number of fused-ring (bicyclic) bond motifs is 3. The maximum Gasteiger partial charge on any atom is 0.410 e. The number of ether oxygens (including phenoxy) is 2. The van der Waals surface area contributed by atoms with Gasteiger partial charge in [-0.25, -0.2) is 4.79 Å². The van der Waals surface area contributed by atoms with Crippen molar-refractivity contribution < 1.29 is 19.1 Å². The predicted molar refractivity (Wildman–Crippen MR) is 119 cm³/mol. The van der Waals surface area contributed by atoms with Crippen LogP contribution in [0.3, 0.4) is 0 Å². The van der Waals surface area contributed by atoms with E-state index in [1.807, 2.05) is 54.6 Å². The maximum absolute atomic E-state index is 13.0. The molecule has 0 fully saturated rings. The molecular formula is C26H25NO4. The Hall–Kier alpha value is -3.60. The molecule has 0 saturated carbocycles. The second kappa shape index (κ2) is 9.47. The van der Waals surface area contributed by atoms with Gasteiger partial charge in [-0.2, -0.15) is 0 Å². The largest absolute Gasteiger partial charge is 0.465 e. The normalized spacial score (nSPS) is 12.0. The van der Waals surface area contributed by atoms with E-state index in [1.165, 1.54) is 16.0 Å². The van der Waals surface area contributed by atoms with E-state index in [1.54, 1.807) is 6.92 Å². The topological polar surface area (TPSA) is 55.8 Å². The highest BCUT2D eigenvalue weighted by molar-refractivity contribution is 5.80. The van der Waals surface area contributed by atoms with Crippen LogP contribution in [0.1, 0.15) is 29.5 Å². The summed E-state index contributed by atoms with van der Waals surface area (Å²) in [6.45, 7) is 2.34. The molecule has 0 aliphatic heterocycles. The van der Waals surface area contributed by atoms with Crippen molar-refractivity contribution in [2.24, 2.45) is 0 Å². The summed E-state index contributed by atoms with van der Waals surface area (Å²) in [5, 5.41) is 0. The third-order valence-corrected chi connectivity index (χ3v) is 5.44. The van der Waals surface area contributed by atoms with Gasteiger partial charge in [0, 0.05) is 12.5 Å². The minimum absolute atomic E-state index is 0.0301. The lowest BCUT2D eigenvalue weighted by atomic mass is 9.98. The minimum atomic E-state index is -0.529. The van der Waals surface area contributed by atoms with Crippen LogP contribution in [0.25, 0.3) is 11.1 Å². The van der Waals surface area contributed by atoms with Crippen LogP contribution >= 0.6 is 0 Å². The highest BCUT2D eigenvalue weighted by Gasteiger charge is 2.30. The molecule has 0 radical (unpaired) electrons. The molecule has 158 valence electrons. The quantitative estimate of drug-likeness (QED) is 0.510. The van der Waals surface area contributed by atoms with E-state index in [0.29, 0.717) is 0 Å². The standard InChI is InChI=1S/C26H25NO4/c1-2-30-25(28)17-27(16-19-10-4-3-5-11-19)26(29)31-18-24-22-14-8-6-12-20(22)21-13-7-9-15-23(21)24/h3-15,24H,2,16-18H2,1H3. The van der Waals surface area contributed by atoms with Crippen LogP contribution in [0.4, 0.5) is 4.79 Å². The number of amides is 1. The number of esters is 1. The zero-order chi connectivity index (χ0) is 21.6. The number of benzene rings is 3. The lowest BCUT2D eigenvalue weighted by molar-refractivity contribution is -0.144. The Morgan fingerprint density at radius 2 is 1.39 bits per heavy atom. The van der Waals surface area contributed by atoms with Gasteiger partial charge in [-0.15, -0.1) is 0 Å². The predicted octanol–water partition coefficient (Wildman–Crippen LogP) is 5.00. The molecule has 1 amide bonds. The first-order valence-corrected chi connectivity index (χ1v) is 10.5. The van der Waals surface area contributed by atoms with E-state index in [0.717, 1.165) is 16.7 Å². The monoisotopic (exact) mass is 415 g/mol. The number of carbonyl (C=O) groups is 2. The van der Waals surface area contributed by atoms with Gasteiger partial charge in [-0.3, -0.25) is 9.69 Å². The van der Waals surface area contributed by atoms with Crippen LogP contribution in [0, 0.1) is 0 Å². The highest BCUT2D eigenvalue weighted by atomic mass is 16.6. The Morgan fingerprint density at radius 1 is 0.806 bits per heavy atom. The van der Waals surface area contributed by atoms with Crippen molar-refractivity contribution in [1.82, 2.24) is 4.90 Å². The molecule has 0 aromatic heterocycles. The minimum Gasteiger partial charge on any atom is -0.465 e. The third kappa shape index (κ3) is 4.61. The van der Waals surface area contributed by atoms with Crippen LogP contribution in [0.5, 0.6) is 0 Å². The Bertz CT molecular complexity index is 1020. The van der Waals surface area contributed by atoms with Gasteiger partial charge >= 0.3 is 12.1 Å². The van der Waals surface area contributed by atoms with E-state index in [9.17, 15) is 9.59 Å². The molecule has 5 nitrogen and oxygen atoms in total. The summed E-state index contributed by atoms with van der Waals surface area (Å²) in [7, 11) is 0. The molecule has 0 saturated heterocycles. The molecule has 0 spiro atoms. The first kappa shape index (κ1) is 20.7. The highest BCUT2D eigenvalue weighted by Crippen LogP contribution is 2.44. The molecule has 5 heteroatoms. The summed E-state index contributed by atoms with van der Waals surface area (Å²) in [4.78, 5) is 26.4. The van der Waals surface area contributed by atoms with Crippen molar-refractivity contribution in [3.05, 3.63) is 95.6 Å². The Labute approximate surface area is 182 Å².